The Hall–Kier alpha value is -3.71. The van der Waals surface area contributed by atoms with Crippen LogP contribution in [0.3, 0.4) is 0 Å². The second-order valence-electron chi connectivity index (χ2n) is 15.7. The van der Waals surface area contributed by atoms with Gasteiger partial charge < -0.3 is 38.9 Å². The number of benzene rings is 1. The summed E-state index contributed by atoms with van der Waals surface area (Å²) < 4.78 is 41.2. The number of hydrogen-bond acceptors (Lipinski definition) is 9. The molecule has 1 aromatic heterocycles. The van der Waals surface area contributed by atoms with Crippen molar-refractivity contribution in [3.63, 3.8) is 0 Å². The predicted molar refractivity (Wildman–Crippen MR) is 193 cm³/mol. The van der Waals surface area contributed by atoms with Gasteiger partial charge in [0.15, 0.2) is 0 Å². The van der Waals surface area contributed by atoms with Crippen molar-refractivity contribution in [1.82, 2.24) is 10.2 Å². The molecule has 0 bridgehead atoms. The minimum absolute atomic E-state index is 0.000522. The average Bonchev–Trinajstić information content (AvgIpc) is 3.77. The second kappa shape index (κ2) is 17.4. The first-order valence-corrected chi connectivity index (χ1v) is 18.7. The molecule has 1 saturated heterocycles. The molecule has 0 spiro atoms. The highest BCUT2D eigenvalue weighted by Crippen LogP contribution is 2.42. The van der Waals surface area contributed by atoms with E-state index in [9.17, 15) is 23.6 Å². The van der Waals surface area contributed by atoms with Crippen molar-refractivity contribution in [2.24, 2.45) is 23.7 Å². The summed E-state index contributed by atoms with van der Waals surface area (Å²) in [6.45, 7) is 6.93. The van der Waals surface area contributed by atoms with Crippen LogP contribution in [0.15, 0.2) is 28.7 Å². The van der Waals surface area contributed by atoms with E-state index in [-0.39, 0.29) is 60.1 Å². The number of rotatable bonds is 12. The van der Waals surface area contributed by atoms with Crippen molar-refractivity contribution in [2.75, 3.05) is 39.4 Å². The number of likely N-dealkylation sites (tertiary alicyclic amines) is 1. The predicted octanol–water partition coefficient (Wildman–Crippen LogP) is 6.65. The van der Waals surface area contributed by atoms with Crippen LogP contribution in [0.25, 0.3) is 11.0 Å². The zero-order valence-corrected chi connectivity index (χ0v) is 31.4. The number of nitrogens with one attached hydrogen (secondary N) is 2. The van der Waals surface area contributed by atoms with Gasteiger partial charge in [-0.25, -0.2) is 14.0 Å². The first-order chi connectivity index (χ1) is 24.8. The molecule has 1 aliphatic heterocycles. The third-order valence-corrected chi connectivity index (χ3v) is 11.0. The molecule has 12 nitrogen and oxygen atoms in total. The standard InChI is InChI=1S/C39H56FN3O9/c1-23(48-5)22-50-37(46)33-20-27-19-28(13-16-32(27)51-33)41-35(44)34-30(24-11-14-29(49-6)15-12-24)17-18-43(34)36(45)26-9-7-25(8-10-26)31(21-40)42-38(47)52-39(2,3)4/h13,16,19-20,23-26,29-31,34H,7-12,14-15,17-18,21-22H2,1-6H3,(H,41,44)(H,42,47)/t23-,24?,25?,26?,29?,30-,31+,34-/m0/s1. The fourth-order valence-electron chi connectivity index (χ4n) is 8.16. The van der Waals surface area contributed by atoms with Gasteiger partial charge >= 0.3 is 12.1 Å². The highest BCUT2D eigenvalue weighted by atomic mass is 19.1. The van der Waals surface area contributed by atoms with Crippen LogP contribution in [-0.2, 0) is 28.5 Å². The van der Waals surface area contributed by atoms with Gasteiger partial charge in [0.1, 0.15) is 30.5 Å². The topological polar surface area (TPSA) is 146 Å². The highest BCUT2D eigenvalue weighted by molar-refractivity contribution is 6.00. The molecule has 2 N–H and O–H groups in total. The summed E-state index contributed by atoms with van der Waals surface area (Å²) in [6, 6.07) is 5.42. The molecule has 288 valence electrons. The molecule has 4 atom stereocenters. The van der Waals surface area contributed by atoms with E-state index in [0.717, 1.165) is 32.1 Å². The average molecular weight is 730 g/mol. The molecule has 3 aliphatic rings. The maximum atomic E-state index is 14.3. The van der Waals surface area contributed by atoms with Crippen molar-refractivity contribution in [3.8, 4) is 0 Å². The summed E-state index contributed by atoms with van der Waals surface area (Å²) in [4.78, 5) is 55.2. The van der Waals surface area contributed by atoms with Crippen LogP contribution in [-0.4, -0.2) is 92.7 Å². The van der Waals surface area contributed by atoms with Crippen LogP contribution in [0.5, 0.6) is 0 Å². The SMILES string of the molecule is COC1CCC([C@@H]2CCN(C(=O)C3CCC([C@@H](CF)NC(=O)OC(C)(C)C)CC3)[C@@H]2C(=O)Nc2ccc3oc(C(=O)OC[C@H](C)OC)cc3c2)CC1. The molecule has 2 aliphatic carbocycles. The number of halogens is 1. The summed E-state index contributed by atoms with van der Waals surface area (Å²) >= 11 is 0. The number of methoxy groups -OCH3 is 2. The number of hydrogen-bond donors (Lipinski definition) is 2. The van der Waals surface area contributed by atoms with E-state index in [1.54, 1.807) is 64.0 Å². The number of alkyl carbamates (subject to hydrolysis) is 1. The number of alkyl halides is 1. The molecule has 0 unspecified atom stereocenters. The van der Waals surface area contributed by atoms with Gasteiger partial charge in [0, 0.05) is 37.8 Å². The number of esters is 1. The Morgan fingerprint density at radius 1 is 0.981 bits per heavy atom. The molecule has 2 saturated carbocycles. The Morgan fingerprint density at radius 2 is 1.69 bits per heavy atom. The van der Waals surface area contributed by atoms with Gasteiger partial charge in [-0.15, -0.1) is 0 Å². The summed E-state index contributed by atoms with van der Waals surface area (Å²) in [5.41, 5.74) is 0.313. The Kier molecular flexibility index (Phi) is 13.2. The molecule has 3 fully saturated rings. The van der Waals surface area contributed by atoms with Crippen molar-refractivity contribution in [2.45, 2.75) is 115 Å². The van der Waals surface area contributed by atoms with Gasteiger partial charge in [-0.1, -0.05) is 0 Å². The second-order valence-corrected chi connectivity index (χ2v) is 15.7. The maximum absolute atomic E-state index is 14.3. The monoisotopic (exact) mass is 729 g/mol. The first kappa shape index (κ1) is 39.5. The minimum Gasteiger partial charge on any atom is -0.457 e. The number of anilines is 1. The van der Waals surface area contributed by atoms with Crippen LogP contribution >= 0.6 is 0 Å². The maximum Gasteiger partial charge on any atom is 0.407 e. The van der Waals surface area contributed by atoms with Gasteiger partial charge in [0.2, 0.25) is 17.6 Å². The third-order valence-electron chi connectivity index (χ3n) is 11.0. The molecule has 3 amide bonds. The fourth-order valence-corrected chi connectivity index (χ4v) is 8.16. The van der Waals surface area contributed by atoms with Crippen LogP contribution in [0.1, 0.15) is 96.0 Å². The first-order valence-electron chi connectivity index (χ1n) is 18.7. The van der Waals surface area contributed by atoms with E-state index >= 15 is 0 Å². The summed E-state index contributed by atoms with van der Waals surface area (Å²) in [6.07, 6.45) is 6.02. The fraction of sp³-hybridized carbons (Fsp3) is 0.692. The van der Waals surface area contributed by atoms with Crippen molar-refractivity contribution < 1.29 is 46.9 Å². The number of carbonyl (C=O) groups is 4. The summed E-state index contributed by atoms with van der Waals surface area (Å²) in [5, 5.41) is 6.39. The zero-order valence-electron chi connectivity index (χ0n) is 31.4. The Balaban J connectivity index is 1.27. The van der Waals surface area contributed by atoms with E-state index in [2.05, 4.69) is 10.6 Å². The zero-order chi connectivity index (χ0) is 37.6. The number of amides is 3. The third kappa shape index (κ3) is 9.83. The van der Waals surface area contributed by atoms with Crippen molar-refractivity contribution >= 4 is 40.5 Å². The van der Waals surface area contributed by atoms with Crippen LogP contribution in [0.2, 0.25) is 0 Å². The number of carbonyl (C=O) groups excluding carboxylic acids is 4. The molecule has 52 heavy (non-hydrogen) atoms. The number of furan rings is 1. The largest absolute Gasteiger partial charge is 0.457 e. The van der Waals surface area contributed by atoms with Crippen LogP contribution in [0.4, 0.5) is 14.9 Å². The van der Waals surface area contributed by atoms with E-state index < -0.39 is 36.4 Å². The van der Waals surface area contributed by atoms with Crippen LogP contribution < -0.4 is 10.6 Å². The van der Waals surface area contributed by atoms with E-state index in [4.69, 9.17) is 23.4 Å². The lowest BCUT2D eigenvalue weighted by Gasteiger charge is -2.38. The molecule has 2 heterocycles. The summed E-state index contributed by atoms with van der Waals surface area (Å²) in [5.74, 6) is -0.958. The lowest BCUT2D eigenvalue weighted by molar-refractivity contribution is -0.142. The molecular weight excluding hydrogens is 673 g/mol. The Bertz CT molecular complexity index is 1540. The lowest BCUT2D eigenvalue weighted by Crippen LogP contribution is -2.50. The summed E-state index contributed by atoms with van der Waals surface area (Å²) in [7, 11) is 3.27. The van der Waals surface area contributed by atoms with E-state index in [1.165, 1.54) is 7.11 Å². The molecular formula is C39H56FN3O9. The minimum atomic E-state index is -0.715. The van der Waals surface area contributed by atoms with Crippen molar-refractivity contribution in [3.05, 3.63) is 30.0 Å². The van der Waals surface area contributed by atoms with Gasteiger partial charge in [0.05, 0.1) is 18.2 Å². The smallest absolute Gasteiger partial charge is 0.407 e. The molecule has 5 rings (SSSR count). The number of nitrogens with zero attached hydrogens (tertiary/aromatic N) is 1. The van der Waals surface area contributed by atoms with Crippen LogP contribution in [0, 0.1) is 23.7 Å². The molecule has 2 aromatic rings. The van der Waals surface area contributed by atoms with E-state index in [0.29, 0.717) is 48.9 Å². The number of fused-ring (bicyclic) bond motifs is 1. The van der Waals surface area contributed by atoms with Crippen molar-refractivity contribution in [1.29, 1.82) is 0 Å². The van der Waals surface area contributed by atoms with Gasteiger partial charge in [-0.3, -0.25) is 9.59 Å². The quantitative estimate of drug-likeness (QED) is 0.229. The molecule has 13 heteroatoms. The van der Waals surface area contributed by atoms with E-state index in [1.807, 2.05) is 0 Å². The van der Waals surface area contributed by atoms with Gasteiger partial charge in [-0.2, -0.15) is 0 Å². The molecule has 1 aromatic carbocycles. The lowest BCUT2D eigenvalue weighted by atomic mass is 9.75. The Morgan fingerprint density at radius 3 is 2.33 bits per heavy atom. The normalized spacial score (nSPS) is 26.4. The molecule has 0 radical (unpaired) electrons. The number of ether oxygens (including phenoxy) is 4. The highest BCUT2D eigenvalue weighted by Gasteiger charge is 2.47. The van der Waals surface area contributed by atoms with Gasteiger partial charge in [-0.05, 0) is 128 Å². The van der Waals surface area contributed by atoms with Gasteiger partial charge in [0.25, 0.3) is 0 Å². The Labute approximate surface area is 305 Å².